The molecule has 27 heavy (non-hydrogen) atoms. The normalized spacial score (nSPS) is 11.6. The molecule has 0 radical (unpaired) electrons. The summed E-state index contributed by atoms with van der Waals surface area (Å²) >= 11 is 1.24. The third kappa shape index (κ3) is 3.62. The number of carbonyl (C=O) groups is 1. The number of hydrogen-bond acceptors (Lipinski definition) is 5. The van der Waals surface area contributed by atoms with Crippen LogP contribution in [0.5, 0.6) is 0 Å². The second-order valence-electron chi connectivity index (χ2n) is 6.01. The highest BCUT2D eigenvalue weighted by Gasteiger charge is 2.13. The molecule has 0 aliphatic heterocycles. The van der Waals surface area contributed by atoms with Crippen molar-refractivity contribution in [2.45, 2.75) is 4.90 Å². The van der Waals surface area contributed by atoms with E-state index in [1.54, 1.807) is 24.3 Å². The number of aromatic nitrogens is 2. The highest BCUT2D eigenvalue weighted by atomic mass is 32.2. The summed E-state index contributed by atoms with van der Waals surface area (Å²) in [5.74, 6) is -0.267. The van der Waals surface area contributed by atoms with Crippen LogP contribution in [-0.4, -0.2) is 30.1 Å². The van der Waals surface area contributed by atoms with Crippen LogP contribution >= 0.6 is 11.3 Å². The maximum absolute atomic E-state index is 12.5. The second kappa shape index (κ2) is 6.64. The number of rotatable bonds is 4. The van der Waals surface area contributed by atoms with Gasteiger partial charge in [0.05, 0.1) is 15.1 Å². The Morgan fingerprint density at radius 2 is 1.78 bits per heavy atom. The fourth-order valence-electron chi connectivity index (χ4n) is 2.65. The minimum atomic E-state index is -3.28. The van der Waals surface area contributed by atoms with Gasteiger partial charge in [-0.2, -0.15) is 0 Å². The maximum Gasteiger partial charge on any atom is 0.257 e. The summed E-state index contributed by atoms with van der Waals surface area (Å²) in [6.07, 6.45) is 5.03. The molecule has 0 fully saturated rings. The Bertz CT molecular complexity index is 1230. The molecule has 0 aliphatic carbocycles. The number of thiazole rings is 1. The van der Waals surface area contributed by atoms with Crippen molar-refractivity contribution in [3.05, 3.63) is 72.6 Å². The molecule has 4 aromatic rings. The molecule has 8 heteroatoms. The van der Waals surface area contributed by atoms with Gasteiger partial charge in [-0.1, -0.05) is 11.3 Å². The van der Waals surface area contributed by atoms with E-state index >= 15 is 0 Å². The molecule has 0 bridgehead atoms. The van der Waals surface area contributed by atoms with Gasteiger partial charge in [-0.25, -0.2) is 13.4 Å². The fraction of sp³-hybridized carbons (Fsp3) is 0.0526. The van der Waals surface area contributed by atoms with Gasteiger partial charge in [0.2, 0.25) is 0 Å². The summed E-state index contributed by atoms with van der Waals surface area (Å²) in [4.78, 5) is 17.0. The van der Waals surface area contributed by atoms with Crippen LogP contribution in [-0.2, 0) is 9.84 Å². The third-order valence-corrected chi connectivity index (χ3v) is 6.08. The molecule has 4 rings (SSSR count). The van der Waals surface area contributed by atoms with Gasteiger partial charge in [-0.05, 0) is 54.6 Å². The molecule has 0 spiro atoms. The largest absolute Gasteiger partial charge is 0.324 e. The van der Waals surface area contributed by atoms with Gasteiger partial charge in [-0.15, -0.1) is 0 Å². The molecule has 0 unspecified atom stereocenters. The number of benzene rings is 2. The number of nitrogens with one attached hydrogen (secondary N) is 1. The Labute approximate surface area is 160 Å². The van der Waals surface area contributed by atoms with E-state index < -0.39 is 9.84 Å². The van der Waals surface area contributed by atoms with Crippen molar-refractivity contribution < 1.29 is 13.2 Å². The monoisotopic (exact) mass is 397 g/mol. The number of anilines is 1. The zero-order valence-electron chi connectivity index (χ0n) is 14.3. The SMILES string of the molecule is CS(=O)(=O)c1ccc2nc(NC(=O)c3ccc(-n4cccc4)cc3)sc2c1. The van der Waals surface area contributed by atoms with E-state index in [4.69, 9.17) is 0 Å². The summed E-state index contributed by atoms with van der Waals surface area (Å²) in [6.45, 7) is 0. The van der Waals surface area contributed by atoms with Gasteiger partial charge in [-0.3, -0.25) is 10.1 Å². The lowest BCUT2D eigenvalue weighted by molar-refractivity contribution is 0.102. The minimum Gasteiger partial charge on any atom is -0.324 e. The number of sulfone groups is 1. The molecule has 136 valence electrons. The molecule has 2 heterocycles. The van der Waals surface area contributed by atoms with Gasteiger partial charge in [0, 0.05) is 29.9 Å². The number of amides is 1. The summed E-state index contributed by atoms with van der Waals surface area (Å²) in [5, 5.41) is 3.20. The Balaban J connectivity index is 1.55. The van der Waals surface area contributed by atoms with E-state index in [0.29, 0.717) is 20.9 Å². The predicted molar refractivity (Wildman–Crippen MR) is 106 cm³/mol. The predicted octanol–water partition coefficient (Wildman–Crippen LogP) is 3.74. The molecule has 0 saturated heterocycles. The maximum atomic E-state index is 12.5. The molecule has 2 aromatic heterocycles. The van der Waals surface area contributed by atoms with Gasteiger partial charge >= 0.3 is 0 Å². The summed E-state index contributed by atoms with van der Waals surface area (Å²) in [5.41, 5.74) is 2.12. The van der Waals surface area contributed by atoms with E-state index in [-0.39, 0.29) is 10.8 Å². The summed E-state index contributed by atoms with van der Waals surface area (Å²) in [7, 11) is -3.28. The highest BCUT2D eigenvalue weighted by Crippen LogP contribution is 2.28. The molecule has 1 amide bonds. The van der Waals surface area contributed by atoms with Gasteiger partial charge in [0.25, 0.3) is 5.91 Å². The molecule has 2 aromatic carbocycles. The molecular formula is C19H15N3O3S2. The average Bonchev–Trinajstić information content (AvgIpc) is 3.29. The van der Waals surface area contributed by atoms with Crippen molar-refractivity contribution in [3.8, 4) is 5.69 Å². The first-order valence-electron chi connectivity index (χ1n) is 8.05. The van der Waals surface area contributed by atoms with E-state index in [2.05, 4.69) is 10.3 Å². The lowest BCUT2D eigenvalue weighted by atomic mass is 10.2. The smallest absolute Gasteiger partial charge is 0.257 e. The number of hydrogen-bond donors (Lipinski definition) is 1. The van der Waals surface area contributed by atoms with E-state index in [0.717, 1.165) is 11.9 Å². The quantitative estimate of drug-likeness (QED) is 0.569. The van der Waals surface area contributed by atoms with Crippen LogP contribution < -0.4 is 5.32 Å². The lowest BCUT2D eigenvalue weighted by Crippen LogP contribution is -2.11. The van der Waals surface area contributed by atoms with Crippen LogP contribution in [0, 0.1) is 0 Å². The second-order valence-corrected chi connectivity index (χ2v) is 9.06. The van der Waals surface area contributed by atoms with Gasteiger partial charge in [0.1, 0.15) is 0 Å². The Morgan fingerprint density at radius 3 is 2.44 bits per heavy atom. The summed E-state index contributed by atoms with van der Waals surface area (Å²) in [6, 6.07) is 15.8. The van der Waals surface area contributed by atoms with Crippen LogP contribution in [0.15, 0.2) is 71.9 Å². The number of fused-ring (bicyclic) bond motifs is 1. The minimum absolute atomic E-state index is 0.233. The van der Waals surface area contributed by atoms with Crippen molar-refractivity contribution in [2.24, 2.45) is 0 Å². The molecule has 6 nitrogen and oxygen atoms in total. The molecule has 1 N–H and O–H groups in total. The first kappa shape index (κ1) is 17.4. The Morgan fingerprint density at radius 1 is 1.07 bits per heavy atom. The lowest BCUT2D eigenvalue weighted by Gasteiger charge is -2.05. The van der Waals surface area contributed by atoms with Gasteiger partial charge < -0.3 is 4.57 Å². The number of nitrogens with zero attached hydrogens (tertiary/aromatic N) is 2. The number of carbonyl (C=O) groups excluding carboxylic acids is 1. The highest BCUT2D eigenvalue weighted by molar-refractivity contribution is 7.90. The summed E-state index contributed by atoms with van der Waals surface area (Å²) < 4.78 is 26.0. The Kier molecular flexibility index (Phi) is 4.29. The van der Waals surface area contributed by atoms with Crippen LogP contribution in [0.2, 0.25) is 0 Å². The van der Waals surface area contributed by atoms with Crippen molar-refractivity contribution >= 4 is 42.4 Å². The zero-order valence-corrected chi connectivity index (χ0v) is 15.9. The first-order chi connectivity index (χ1) is 12.9. The van der Waals surface area contributed by atoms with Crippen LogP contribution in [0.4, 0.5) is 5.13 Å². The van der Waals surface area contributed by atoms with E-state index in [1.165, 1.54) is 17.4 Å². The third-order valence-electron chi connectivity index (χ3n) is 4.04. The average molecular weight is 397 g/mol. The van der Waals surface area contributed by atoms with Crippen molar-refractivity contribution in [3.63, 3.8) is 0 Å². The van der Waals surface area contributed by atoms with Crippen molar-refractivity contribution in [1.82, 2.24) is 9.55 Å². The van der Waals surface area contributed by atoms with Crippen LogP contribution in [0.1, 0.15) is 10.4 Å². The fourth-order valence-corrected chi connectivity index (χ4v) is 4.27. The van der Waals surface area contributed by atoms with Crippen molar-refractivity contribution in [2.75, 3.05) is 11.6 Å². The van der Waals surface area contributed by atoms with Crippen LogP contribution in [0.25, 0.3) is 15.9 Å². The first-order valence-corrected chi connectivity index (χ1v) is 10.8. The van der Waals surface area contributed by atoms with Gasteiger partial charge in [0.15, 0.2) is 15.0 Å². The van der Waals surface area contributed by atoms with Crippen LogP contribution in [0.3, 0.4) is 0 Å². The van der Waals surface area contributed by atoms with E-state index in [1.807, 2.05) is 41.2 Å². The molecular weight excluding hydrogens is 382 g/mol. The molecule has 0 atom stereocenters. The molecule has 0 aliphatic rings. The topological polar surface area (TPSA) is 81.1 Å². The Hall–Kier alpha value is -2.97. The standard InChI is InChI=1S/C19H15N3O3S2/c1-27(24,25)15-8-9-16-17(12-15)26-19(20-16)21-18(23)13-4-6-14(7-5-13)22-10-2-3-11-22/h2-12H,1H3,(H,20,21,23). The van der Waals surface area contributed by atoms with E-state index in [9.17, 15) is 13.2 Å². The molecule has 0 saturated carbocycles. The zero-order chi connectivity index (χ0) is 19.0. The van der Waals surface area contributed by atoms with Crippen molar-refractivity contribution in [1.29, 1.82) is 0 Å².